The van der Waals surface area contributed by atoms with Gasteiger partial charge in [-0.1, -0.05) is 11.2 Å². The van der Waals surface area contributed by atoms with E-state index in [-0.39, 0.29) is 18.2 Å². The zero-order valence-corrected chi connectivity index (χ0v) is 16.4. The van der Waals surface area contributed by atoms with Gasteiger partial charge in [0.1, 0.15) is 5.76 Å². The van der Waals surface area contributed by atoms with Crippen LogP contribution in [-0.2, 0) is 11.2 Å². The van der Waals surface area contributed by atoms with Gasteiger partial charge in [-0.3, -0.25) is 9.59 Å². The number of aryl methyl sites for hydroxylation is 1. The van der Waals surface area contributed by atoms with Gasteiger partial charge in [0, 0.05) is 32.2 Å². The number of hydrogen-bond donors (Lipinski definition) is 0. The van der Waals surface area contributed by atoms with Crippen LogP contribution in [0.1, 0.15) is 28.2 Å². The van der Waals surface area contributed by atoms with Crippen LogP contribution in [0.2, 0.25) is 0 Å². The molecule has 1 aliphatic heterocycles. The zero-order chi connectivity index (χ0) is 20.1. The first-order valence-electron chi connectivity index (χ1n) is 9.23. The lowest BCUT2D eigenvalue weighted by Gasteiger charge is -2.22. The predicted octanol–water partition coefficient (Wildman–Crippen LogP) is 1.92. The molecule has 28 heavy (non-hydrogen) atoms. The van der Waals surface area contributed by atoms with Crippen molar-refractivity contribution in [3.05, 3.63) is 41.3 Å². The lowest BCUT2D eigenvalue weighted by molar-refractivity contribution is -0.130. The van der Waals surface area contributed by atoms with E-state index in [9.17, 15) is 9.59 Å². The zero-order valence-electron chi connectivity index (χ0n) is 16.4. The van der Waals surface area contributed by atoms with Gasteiger partial charge in [0.25, 0.3) is 5.91 Å². The molecule has 8 nitrogen and oxygen atoms in total. The molecule has 0 bridgehead atoms. The molecule has 1 aliphatic rings. The molecule has 0 unspecified atom stereocenters. The summed E-state index contributed by atoms with van der Waals surface area (Å²) in [6.45, 7) is 3.93. The Hall–Kier alpha value is -3.03. The molecule has 150 valence electrons. The molecule has 2 amide bonds. The summed E-state index contributed by atoms with van der Waals surface area (Å²) in [5, 5.41) is 3.79. The van der Waals surface area contributed by atoms with Gasteiger partial charge in [-0.2, -0.15) is 0 Å². The van der Waals surface area contributed by atoms with Gasteiger partial charge < -0.3 is 23.8 Å². The maximum absolute atomic E-state index is 12.7. The molecule has 2 aromatic rings. The Balaban J connectivity index is 1.60. The van der Waals surface area contributed by atoms with Gasteiger partial charge in [0.05, 0.1) is 20.6 Å². The average Bonchev–Trinajstić information content (AvgIpc) is 2.99. The van der Waals surface area contributed by atoms with Crippen LogP contribution in [0.4, 0.5) is 0 Å². The highest BCUT2D eigenvalue weighted by Gasteiger charge is 2.24. The molecule has 0 aliphatic carbocycles. The first-order valence-corrected chi connectivity index (χ1v) is 9.23. The lowest BCUT2D eigenvalue weighted by Crippen LogP contribution is -2.38. The lowest BCUT2D eigenvalue weighted by atomic mass is 10.1. The van der Waals surface area contributed by atoms with Gasteiger partial charge in [-0.15, -0.1) is 0 Å². The van der Waals surface area contributed by atoms with E-state index in [0.29, 0.717) is 49.1 Å². The Labute approximate surface area is 164 Å². The second kappa shape index (κ2) is 8.77. The van der Waals surface area contributed by atoms with Crippen LogP contribution in [0.5, 0.6) is 11.5 Å². The molecule has 2 heterocycles. The minimum atomic E-state index is -0.161. The largest absolute Gasteiger partial charge is 0.493 e. The number of nitrogens with zero attached hydrogens (tertiary/aromatic N) is 3. The highest BCUT2D eigenvalue weighted by Crippen LogP contribution is 2.28. The van der Waals surface area contributed by atoms with Crippen LogP contribution in [0.25, 0.3) is 0 Å². The van der Waals surface area contributed by atoms with Crippen molar-refractivity contribution in [2.45, 2.75) is 19.8 Å². The van der Waals surface area contributed by atoms with Crippen molar-refractivity contribution in [1.82, 2.24) is 15.0 Å². The molecule has 1 fully saturated rings. The Morgan fingerprint density at radius 1 is 1.04 bits per heavy atom. The van der Waals surface area contributed by atoms with Crippen LogP contribution in [0, 0.1) is 6.92 Å². The van der Waals surface area contributed by atoms with Gasteiger partial charge >= 0.3 is 0 Å². The summed E-state index contributed by atoms with van der Waals surface area (Å²) in [4.78, 5) is 28.8. The van der Waals surface area contributed by atoms with Gasteiger partial charge in [-0.05, 0) is 31.0 Å². The van der Waals surface area contributed by atoms with E-state index in [0.717, 1.165) is 12.0 Å². The number of carbonyl (C=O) groups excluding carboxylic acids is 2. The van der Waals surface area contributed by atoms with Crippen LogP contribution < -0.4 is 9.47 Å². The molecular weight excluding hydrogens is 362 g/mol. The fourth-order valence-electron chi connectivity index (χ4n) is 3.28. The molecule has 1 saturated heterocycles. The second-order valence-electron chi connectivity index (χ2n) is 6.72. The number of aromatic nitrogens is 1. The van der Waals surface area contributed by atoms with Crippen molar-refractivity contribution >= 4 is 11.8 Å². The molecule has 3 rings (SSSR count). The maximum Gasteiger partial charge on any atom is 0.276 e. The third-order valence-electron chi connectivity index (χ3n) is 4.79. The first kappa shape index (κ1) is 19.7. The second-order valence-corrected chi connectivity index (χ2v) is 6.72. The van der Waals surface area contributed by atoms with Crippen molar-refractivity contribution in [2.24, 2.45) is 0 Å². The van der Waals surface area contributed by atoms with Gasteiger partial charge in [-0.25, -0.2) is 0 Å². The van der Waals surface area contributed by atoms with Crippen molar-refractivity contribution < 1.29 is 23.6 Å². The summed E-state index contributed by atoms with van der Waals surface area (Å²) in [5.74, 6) is 1.70. The normalized spacial score (nSPS) is 14.5. The Morgan fingerprint density at radius 2 is 1.75 bits per heavy atom. The maximum atomic E-state index is 12.7. The van der Waals surface area contributed by atoms with Crippen LogP contribution in [0.15, 0.2) is 28.8 Å². The molecular formula is C20H25N3O5. The average molecular weight is 387 g/mol. The molecule has 0 spiro atoms. The van der Waals surface area contributed by atoms with E-state index in [1.807, 2.05) is 12.1 Å². The first-order chi connectivity index (χ1) is 13.5. The van der Waals surface area contributed by atoms with Crippen LogP contribution in [0.3, 0.4) is 0 Å². The van der Waals surface area contributed by atoms with Crippen molar-refractivity contribution in [3.8, 4) is 11.5 Å². The van der Waals surface area contributed by atoms with E-state index >= 15 is 0 Å². The highest BCUT2D eigenvalue weighted by molar-refractivity contribution is 5.92. The van der Waals surface area contributed by atoms with E-state index in [1.54, 1.807) is 43.1 Å². The number of ether oxygens (including phenoxy) is 2. The Morgan fingerprint density at radius 3 is 2.43 bits per heavy atom. The predicted molar refractivity (Wildman–Crippen MR) is 102 cm³/mol. The molecule has 0 atom stereocenters. The molecule has 0 N–H and O–H groups in total. The van der Waals surface area contributed by atoms with Crippen molar-refractivity contribution in [1.29, 1.82) is 0 Å². The molecule has 1 aromatic carbocycles. The number of methoxy groups -OCH3 is 2. The third kappa shape index (κ3) is 4.44. The van der Waals surface area contributed by atoms with Crippen LogP contribution in [-0.4, -0.2) is 67.2 Å². The van der Waals surface area contributed by atoms with Crippen molar-refractivity contribution in [2.75, 3.05) is 40.4 Å². The van der Waals surface area contributed by atoms with E-state index in [2.05, 4.69) is 5.16 Å². The van der Waals surface area contributed by atoms with Crippen molar-refractivity contribution in [3.63, 3.8) is 0 Å². The van der Waals surface area contributed by atoms with Crippen LogP contribution >= 0.6 is 0 Å². The summed E-state index contributed by atoms with van der Waals surface area (Å²) in [7, 11) is 3.15. The standard InChI is InChI=1S/C20H25N3O5/c1-14-11-16(21-28-14)20(25)23-8-4-7-22(9-10-23)19(24)13-15-5-6-17(26-2)18(12-15)27-3/h5-6,11-12H,4,7-10,13H2,1-3H3. The smallest absolute Gasteiger partial charge is 0.276 e. The minimum Gasteiger partial charge on any atom is -0.493 e. The number of carbonyl (C=O) groups is 2. The molecule has 0 radical (unpaired) electrons. The fraction of sp³-hybridized carbons (Fsp3) is 0.450. The monoisotopic (exact) mass is 387 g/mol. The van der Waals surface area contributed by atoms with E-state index in [1.165, 1.54) is 0 Å². The number of benzene rings is 1. The van der Waals surface area contributed by atoms with Gasteiger partial charge in [0.15, 0.2) is 17.2 Å². The quantitative estimate of drug-likeness (QED) is 0.779. The highest BCUT2D eigenvalue weighted by atomic mass is 16.5. The summed E-state index contributed by atoms with van der Waals surface area (Å²) in [6.07, 6.45) is 0.997. The topological polar surface area (TPSA) is 85.1 Å². The SMILES string of the molecule is COc1ccc(CC(=O)N2CCCN(C(=O)c3cc(C)on3)CC2)cc1OC. The molecule has 0 saturated carbocycles. The molecule has 1 aromatic heterocycles. The third-order valence-corrected chi connectivity index (χ3v) is 4.79. The number of hydrogen-bond acceptors (Lipinski definition) is 6. The Kier molecular flexibility index (Phi) is 6.18. The summed E-state index contributed by atoms with van der Waals surface area (Å²) < 4.78 is 15.5. The number of rotatable bonds is 5. The van der Waals surface area contributed by atoms with Gasteiger partial charge in [0.2, 0.25) is 5.91 Å². The minimum absolute atomic E-state index is 0.0267. The fourth-order valence-corrected chi connectivity index (χ4v) is 3.28. The summed E-state index contributed by atoms with van der Waals surface area (Å²) >= 11 is 0. The van der Waals surface area contributed by atoms with E-state index in [4.69, 9.17) is 14.0 Å². The summed E-state index contributed by atoms with van der Waals surface area (Å²) in [5.41, 5.74) is 1.17. The van der Waals surface area contributed by atoms with E-state index < -0.39 is 0 Å². The Bertz CT molecular complexity index is 848. The summed E-state index contributed by atoms with van der Waals surface area (Å²) in [6, 6.07) is 7.11. The number of amides is 2. The molecule has 8 heteroatoms.